The van der Waals surface area contributed by atoms with Crippen molar-refractivity contribution in [3.05, 3.63) is 64.0 Å². The Balaban J connectivity index is 2.47. The van der Waals surface area contributed by atoms with Crippen LogP contribution >= 0.6 is 0 Å². The van der Waals surface area contributed by atoms with Gasteiger partial charge in [-0.15, -0.1) is 0 Å². The van der Waals surface area contributed by atoms with Gasteiger partial charge in [-0.25, -0.2) is 4.39 Å². The Bertz CT molecular complexity index is 685. The van der Waals surface area contributed by atoms with Crippen LogP contribution in [0.2, 0.25) is 0 Å². The van der Waals surface area contributed by atoms with Crippen LogP contribution in [-0.2, 0) is 0 Å². The fraction of sp³-hybridized carbons (Fsp3) is 0.0714. The molecule has 2 aromatic carbocycles. The van der Waals surface area contributed by atoms with E-state index in [1.165, 1.54) is 19.1 Å². The van der Waals surface area contributed by atoms with Crippen LogP contribution in [0.15, 0.2) is 42.5 Å². The van der Waals surface area contributed by atoms with Gasteiger partial charge in [-0.05, 0) is 25.1 Å². The van der Waals surface area contributed by atoms with Gasteiger partial charge in [-0.1, -0.05) is 12.1 Å². The second kappa shape index (κ2) is 5.48. The first-order chi connectivity index (χ1) is 9.49. The number of nitro groups is 1. The van der Waals surface area contributed by atoms with Crippen molar-refractivity contribution in [3.8, 4) is 11.5 Å². The Morgan fingerprint density at radius 3 is 2.55 bits per heavy atom. The largest absolute Gasteiger partial charge is 0.449 e. The van der Waals surface area contributed by atoms with E-state index in [-0.39, 0.29) is 28.5 Å². The van der Waals surface area contributed by atoms with Crippen LogP contribution in [0.1, 0.15) is 17.3 Å². The molecule has 0 saturated carbocycles. The van der Waals surface area contributed by atoms with E-state index < -0.39 is 10.7 Å². The Kier molecular flexibility index (Phi) is 3.74. The number of carbonyl (C=O) groups excluding carboxylic acids is 1. The van der Waals surface area contributed by atoms with Crippen LogP contribution in [0.3, 0.4) is 0 Å². The predicted octanol–water partition coefficient (Wildman–Crippen LogP) is 3.73. The fourth-order valence-corrected chi connectivity index (χ4v) is 1.69. The predicted molar refractivity (Wildman–Crippen MR) is 69.6 cm³/mol. The number of hydrogen-bond donors (Lipinski definition) is 0. The van der Waals surface area contributed by atoms with Gasteiger partial charge in [0, 0.05) is 12.1 Å². The molecule has 0 unspecified atom stereocenters. The third kappa shape index (κ3) is 2.80. The zero-order valence-corrected chi connectivity index (χ0v) is 10.5. The van der Waals surface area contributed by atoms with Gasteiger partial charge in [-0.2, -0.15) is 0 Å². The van der Waals surface area contributed by atoms with E-state index in [2.05, 4.69) is 0 Å². The molecule has 0 spiro atoms. The maximum absolute atomic E-state index is 13.2. The normalized spacial score (nSPS) is 10.1. The number of para-hydroxylation sites is 1. The quantitative estimate of drug-likeness (QED) is 0.484. The molecule has 6 heteroatoms. The summed E-state index contributed by atoms with van der Waals surface area (Å²) in [6.45, 7) is 1.35. The first-order valence-electron chi connectivity index (χ1n) is 5.71. The van der Waals surface area contributed by atoms with Crippen molar-refractivity contribution in [1.82, 2.24) is 0 Å². The molecule has 0 aromatic heterocycles. The highest BCUT2D eigenvalue weighted by Crippen LogP contribution is 2.33. The second-order valence-electron chi connectivity index (χ2n) is 4.02. The van der Waals surface area contributed by atoms with Gasteiger partial charge in [0.2, 0.25) is 5.75 Å². The van der Waals surface area contributed by atoms with Gasteiger partial charge in [0.15, 0.2) is 5.78 Å². The molecule has 0 bridgehead atoms. The van der Waals surface area contributed by atoms with E-state index in [1.54, 1.807) is 12.1 Å². The summed E-state index contributed by atoms with van der Waals surface area (Å²) in [6.07, 6.45) is 0. The molecule has 0 amide bonds. The number of benzene rings is 2. The smallest absolute Gasteiger partial charge is 0.311 e. The SMILES string of the molecule is CC(=O)c1ccccc1Oc1cc(F)ccc1[N+](=O)[O-]. The molecule has 2 aromatic rings. The summed E-state index contributed by atoms with van der Waals surface area (Å²) in [5.41, 5.74) is -0.101. The maximum atomic E-state index is 13.2. The lowest BCUT2D eigenvalue weighted by Crippen LogP contribution is -1.99. The molecule has 0 aliphatic carbocycles. The lowest BCUT2D eigenvalue weighted by Gasteiger charge is -2.09. The first kappa shape index (κ1) is 13.7. The summed E-state index contributed by atoms with van der Waals surface area (Å²) in [5, 5.41) is 10.9. The summed E-state index contributed by atoms with van der Waals surface area (Å²) in [7, 11) is 0. The Hall–Kier alpha value is -2.76. The van der Waals surface area contributed by atoms with E-state index in [0.29, 0.717) is 0 Å². The number of Topliss-reactive ketones (excluding diaryl/α,β-unsaturated/α-hetero) is 1. The number of ketones is 1. The third-order valence-electron chi connectivity index (χ3n) is 2.60. The van der Waals surface area contributed by atoms with E-state index in [9.17, 15) is 19.3 Å². The van der Waals surface area contributed by atoms with Crippen molar-refractivity contribution in [2.75, 3.05) is 0 Å². The summed E-state index contributed by atoms with van der Waals surface area (Å²) in [6, 6.07) is 9.18. The minimum atomic E-state index is -0.675. The van der Waals surface area contributed by atoms with Crippen LogP contribution in [-0.4, -0.2) is 10.7 Å². The van der Waals surface area contributed by atoms with E-state index >= 15 is 0 Å². The van der Waals surface area contributed by atoms with Crippen molar-refractivity contribution in [2.45, 2.75) is 6.92 Å². The van der Waals surface area contributed by atoms with Crippen LogP contribution in [0.5, 0.6) is 11.5 Å². The summed E-state index contributed by atoms with van der Waals surface area (Å²) < 4.78 is 18.5. The van der Waals surface area contributed by atoms with Gasteiger partial charge < -0.3 is 4.74 Å². The van der Waals surface area contributed by atoms with E-state index in [0.717, 1.165) is 18.2 Å². The van der Waals surface area contributed by atoms with Crippen LogP contribution in [0.25, 0.3) is 0 Å². The number of nitrogens with zero attached hydrogens (tertiary/aromatic N) is 1. The number of ether oxygens (including phenoxy) is 1. The molecular weight excluding hydrogens is 265 g/mol. The average Bonchev–Trinajstić information content (AvgIpc) is 2.38. The molecule has 102 valence electrons. The molecule has 0 heterocycles. The molecule has 0 atom stereocenters. The van der Waals surface area contributed by atoms with E-state index in [1.807, 2.05) is 0 Å². The first-order valence-corrected chi connectivity index (χ1v) is 5.71. The number of carbonyl (C=O) groups is 1. The summed E-state index contributed by atoms with van der Waals surface area (Å²) >= 11 is 0. The molecule has 0 fully saturated rings. The van der Waals surface area contributed by atoms with Crippen molar-refractivity contribution in [1.29, 1.82) is 0 Å². The molecule has 0 N–H and O–H groups in total. The highest BCUT2D eigenvalue weighted by molar-refractivity contribution is 5.96. The zero-order chi connectivity index (χ0) is 14.7. The highest BCUT2D eigenvalue weighted by atomic mass is 19.1. The minimum absolute atomic E-state index is 0.147. The molecule has 0 aliphatic rings. The van der Waals surface area contributed by atoms with Gasteiger partial charge in [0.1, 0.15) is 11.6 Å². The monoisotopic (exact) mass is 275 g/mol. The molecule has 0 radical (unpaired) electrons. The Morgan fingerprint density at radius 2 is 1.90 bits per heavy atom. The van der Waals surface area contributed by atoms with Crippen LogP contribution < -0.4 is 4.74 Å². The molecular formula is C14H10FNO4. The standard InChI is InChI=1S/C14H10FNO4/c1-9(17)11-4-2-3-5-13(11)20-14-8-10(15)6-7-12(14)16(18)19/h2-8H,1H3. The number of halogens is 1. The average molecular weight is 275 g/mol. The van der Waals surface area contributed by atoms with Gasteiger partial charge >= 0.3 is 5.69 Å². The maximum Gasteiger partial charge on any atom is 0.311 e. The molecule has 20 heavy (non-hydrogen) atoms. The number of nitro benzene ring substituents is 1. The minimum Gasteiger partial charge on any atom is -0.449 e. The second-order valence-corrected chi connectivity index (χ2v) is 4.02. The summed E-state index contributed by atoms with van der Waals surface area (Å²) in [5.74, 6) is -1.01. The fourth-order valence-electron chi connectivity index (χ4n) is 1.69. The Morgan fingerprint density at radius 1 is 1.20 bits per heavy atom. The molecule has 2 rings (SSSR count). The lowest BCUT2D eigenvalue weighted by atomic mass is 10.1. The topological polar surface area (TPSA) is 69.4 Å². The van der Waals surface area contributed by atoms with E-state index in [4.69, 9.17) is 4.74 Å². The lowest BCUT2D eigenvalue weighted by molar-refractivity contribution is -0.385. The van der Waals surface area contributed by atoms with Crippen molar-refractivity contribution in [2.24, 2.45) is 0 Å². The molecule has 0 aliphatic heterocycles. The number of hydrogen-bond acceptors (Lipinski definition) is 4. The molecule has 5 nitrogen and oxygen atoms in total. The van der Waals surface area contributed by atoms with Gasteiger partial charge in [0.25, 0.3) is 0 Å². The van der Waals surface area contributed by atoms with Crippen molar-refractivity contribution >= 4 is 11.5 Å². The zero-order valence-electron chi connectivity index (χ0n) is 10.5. The highest BCUT2D eigenvalue weighted by Gasteiger charge is 2.18. The molecule has 0 saturated heterocycles. The van der Waals surface area contributed by atoms with Crippen LogP contribution in [0.4, 0.5) is 10.1 Å². The van der Waals surface area contributed by atoms with Crippen LogP contribution in [0, 0.1) is 15.9 Å². The van der Waals surface area contributed by atoms with Gasteiger partial charge in [0.05, 0.1) is 10.5 Å². The number of rotatable bonds is 4. The summed E-state index contributed by atoms with van der Waals surface area (Å²) in [4.78, 5) is 21.7. The Labute approximate surface area is 113 Å². The van der Waals surface area contributed by atoms with Crippen molar-refractivity contribution < 1.29 is 18.8 Å². The van der Waals surface area contributed by atoms with Gasteiger partial charge in [-0.3, -0.25) is 14.9 Å². The third-order valence-corrected chi connectivity index (χ3v) is 2.60. The van der Waals surface area contributed by atoms with Crippen molar-refractivity contribution in [3.63, 3.8) is 0 Å².